The zero-order valence-corrected chi connectivity index (χ0v) is 7.94. The molecule has 0 spiro atoms. The molecule has 0 aromatic heterocycles. The molecule has 1 heterocycles. The summed E-state index contributed by atoms with van der Waals surface area (Å²) >= 11 is 0. The van der Waals surface area contributed by atoms with Crippen LogP contribution in [-0.4, -0.2) is 71.4 Å². The minimum Gasteiger partial charge on any atom is -0.487 e. The summed E-state index contributed by atoms with van der Waals surface area (Å²) in [7, 11) is -0.495. The topological polar surface area (TPSA) is 116 Å². The molecule has 4 atom stereocenters. The van der Waals surface area contributed by atoms with Crippen LogP contribution in [0.2, 0.25) is 0 Å². The third-order valence-electron chi connectivity index (χ3n) is 2.11. The lowest BCUT2D eigenvalue weighted by molar-refractivity contribution is -0.193. The smallest absolute Gasteiger partial charge is 0.406 e. The summed E-state index contributed by atoms with van der Waals surface area (Å²) < 4.78 is 9.69. The molecule has 1 aliphatic heterocycles. The monoisotopic (exact) mass is 220 g/mol. The minimum absolute atomic E-state index is 0.112. The fourth-order valence-corrected chi connectivity index (χ4v) is 1.28. The second-order valence-corrected chi connectivity index (χ2v) is 3.33. The van der Waals surface area contributed by atoms with E-state index in [0.717, 1.165) is 0 Å². The van der Waals surface area contributed by atoms with E-state index in [-0.39, 0.29) is 13.2 Å². The zero-order chi connectivity index (χ0) is 11.4. The SMILES string of the molecule is O=C(O)BOCC1OC[C@@H](O)C(O)C1O. The van der Waals surface area contributed by atoms with Crippen molar-refractivity contribution in [1.82, 2.24) is 0 Å². The van der Waals surface area contributed by atoms with Gasteiger partial charge in [0.1, 0.15) is 24.4 Å². The number of hydrogen-bond donors (Lipinski definition) is 4. The van der Waals surface area contributed by atoms with Gasteiger partial charge in [-0.15, -0.1) is 0 Å². The first-order valence-electron chi connectivity index (χ1n) is 4.47. The summed E-state index contributed by atoms with van der Waals surface area (Å²) in [5.74, 6) is -1.12. The molecule has 0 aromatic carbocycles. The van der Waals surface area contributed by atoms with Gasteiger partial charge in [-0.05, 0) is 0 Å². The summed E-state index contributed by atoms with van der Waals surface area (Å²) in [4.78, 5) is 10.1. The standard InChI is InChI=1S/C7H13BO7/c9-3-1-14-4(6(11)5(3)10)2-15-8-7(12)13/h3-6,8-11H,1-2H2,(H,12,13)/t3-,4?,5?,6?/m1/s1. The van der Waals surface area contributed by atoms with Crippen LogP contribution in [0.3, 0.4) is 0 Å². The molecular weight excluding hydrogens is 207 g/mol. The summed E-state index contributed by atoms with van der Waals surface area (Å²) in [6, 6.07) is 0. The van der Waals surface area contributed by atoms with Crippen LogP contribution in [0.4, 0.5) is 4.79 Å². The van der Waals surface area contributed by atoms with E-state index < -0.39 is 37.8 Å². The molecule has 4 N–H and O–H groups in total. The highest BCUT2D eigenvalue weighted by atomic mass is 16.5. The van der Waals surface area contributed by atoms with Gasteiger partial charge in [0.15, 0.2) is 0 Å². The first kappa shape index (κ1) is 12.4. The summed E-state index contributed by atoms with van der Waals surface area (Å²) in [6.45, 7) is -0.253. The van der Waals surface area contributed by atoms with Crippen molar-refractivity contribution in [3.8, 4) is 0 Å². The zero-order valence-electron chi connectivity index (χ0n) is 7.94. The fourth-order valence-electron chi connectivity index (χ4n) is 1.28. The molecule has 0 aliphatic carbocycles. The van der Waals surface area contributed by atoms with E-state index in [0.29, 0.717) is 0 Å². The molecule has 86 valence electrons. The lowest BCUT2D eigenvalue weighted by Gasteiger charge is -2.35. The van der Waals surface area contributed by atoms with Gasteiger partial charge in [-0.25, -0.2) is 0 Å². The lowest BCUT2D eigenvalue weighted by Crippen LogP contribution is -2.54. The average Bonchev–Trinajstić information content (AvgIpc) is 2.18. The van der Waals surface area contributed by atoms with Crippen LogP contribution in [0.15, 0.2) is 0 Å². The number of rotatable bonds is 4. The highest BCUT2D eigenvalue weighted by Crippen LogP contribution is 2.15. The van der Waals surface area contributed by atoms with Gasteiger partial charge >= 0.3 is 7.48 Å². The van der Waals surface area contributed by atoms with Gasteiger partial charge in [-0.1, -0.05) is 0 Å². The second-order valence-electron chi connectivity index (χ2n) is 3.33. The van der Waals surface area contributed by atoms with Gasteiger partial charge in [0.25, 0.3) is 5.87 Å². The Morgan fingerprint density at radius 2 is 2.07 bits per heavy atom. The Labute approximate surface area is 86.5 Å². The number of aliphatic hydroxyl groups excluding tert-OH is 3. The van der Waals surface area contributed by atoms with Gasteiger partial charge in [-0.3, -0.25) is 4.79 Å². The van der Waals surface area contributed by atoms with Crippen LogP contribution in [-0.2, 0) is 9.39 Å². The molecule has 3 unspecified atom stereocenters. The molecule has 0 saturated carbocycles. The summed E-state index contributed by atoms with van der Waals surface area (Å²) in [5, 5.41) is 36.1. The first-order chi connectivity index (χ1) is 7.02. The van der Waals surface area contributed by atoms with Crippen molar-refractivity contribution in [3.63, 3.8) is 0 Å². The lowest BCUT2D eigenvalue weighted by atomic mass is 9.99. The number of aliphatic hydroxyl groups is 3. The molecule has 15 heavy (non-hydrogen) atoms. The minimum atomic E-state index is -1.29. The highest BCUT2D eigenvalue weighted by molar-refractivity contribution is 6.66. The number of ether oxygens (including phenoxy) is 1. The fraction of sp³-hybridized carbons (Fsp3) is 0.857. The van der Waals surface area contributed by atoms with Crippen LogP contribution < -0.4 is 0 Å². The number of hydrogen-bond acceptors (Lipinski definition) is 6. The Morgan fingerprint density at radius 1 is 1.40 bits per heavy atom. The Bertz CT molecular complexity index is 223. The quantitative estimate of drug-likeness (QED) is 0.387. The molecule has 0 amide bonds. The van der Waals surface area contributed by atoms with Crippen molar-refractivity contribution in [3.05, 3.63) is 0 Å². The molecule has 1 saturated heterocycles. The molecule has 7 nitrogen and oxygen atoms in total. The molecular formula is C7H13BO7. The maximum absolute atomic E-state index is 10.1. The molecule has 0 aromatic rings. The Kier molecular flexibility index (Phi) is 4.49. The van der Waals surface area contributed by atoms with Crippen LogP contribution in [0.5, 0.6) is 0 Å². The molecule has 8 heteroatoms. The van der Waals surface area contributed by atoms with Crippen LogP contribution in [0.25, 0.3) is 0 Å². The number of carboxylic acid groups (broad SMARTS) is 1. The van der Waals surface area contributed by atoms with E-state index in [2.05, 4.69) is 0 Å². The van der Waals surface area contributed by atoms with Crippen LogP contribution in [0, 0.1) is 0 Å². The van der Waals surface area contributed by atoms with Gasteiger partial charge in [0.2, 0.25) is 0 Å². The van der Waals surface area contributed by atoms with Crippen LogP contribution in [0.1, 0.15) is 0 Å². The van der Waals surface area contributed by atoms with E-state index in [1.807, 2.05) is 0 Å². The Morgan fingerprint density at radius 3 is 2.67 bits per heavy atom. The maximum atomic E-state index is 10.1. The van der Waals surface area contributed by atoms with Crippen LogP contribution >= 0.6 is 0 Å². The van der Waals surface area contributed by atoms with Gasteiger partial charge in [0.05, 0.1) is 13.2 Å². The third kappa shape index (κ3) is 3.43. The normalized spacial score (nSPS) is 36.2. The summed E-state index contributed by atoms with van der Waals surface area (Å²) in [5.41, 5.74) is 0. The van der Waals surface area contributed by atoms with E-state index in [4.69, 9.17) is 19.6 Å². The van der Waals surface area contributed by atoms with E-state index in [1.165, 1.54) is 0 Å². The molecule has 0 radical (unpaired) electrons. The Balaban J connectivity index is 2.32. The van der Waals surface area contributed by atoms with E-state index in [9.17, 15) is 15.0 Å². The summed E-state index contributed by atoms with van der Waals surface area (Å²) in [6.07, 6.45) is -4.52. The van der Waals surface area contributed by atoms with Crippen molar-refractivity contribution in [2.45, 2.75) is 24.4 Å². The molecule has 0 bridgehead atoms. The molecule has 1 aliphatic rings. The molecule has 1 rings (SSSR count). The number of carbonyl (C=O) groups is 1. The molecule has 1 fully saturated rings. The Hall–Kier alpha value is -0.665. The van der Waals surface area contributed by atoms with E-state index in [1.54, 1.807) is 0 Å². The maximum Gasteiger partial charge on any atom is 0.406 e. The van der Waals surface area contributed by atoms with Crippen molar-refractivity contribution < 1.29 is 34.6 Å². The average molecular weight is 220 g/mol. The predicted molar refractivity (Wildman–Crippen MR) is 48.9 cm³/mol. The van der Waals surface area contributed by atoms with E-state index >= 15 is 0 Å². The first-order valence-corrected chi connectivity index (χ1v) is 4.47. The largest absolute Gasteiger partial charge is 0.487 e. The van der Waals surface area contributed by atoms with Gasteiger partial charge in [0, 0.05) is 0 Å². The van der Waals surface area contributed by atoms with Gasteiger partial charge < -0.3 is 29.8 Å². The van der Waals surface area contributed by atoms with Crippen molar-refractivity contribution in [2.24, 2.45) is 0 Å². The second kappa shape index (κ2) is 5.43. The van der Waals surface area contributed by atoms with Crippen molar-refractivity contribution in [1.29, 1.82) is 0 Å². The third-order valence-corrected chi connectivity index (χ3v) is 2.11. The predicted octanol–water partition coefficient (Wildman–Crippen LogP) is -2.49. The highest BCUT2D eigenvalue weighted by Gasteiger charge is 2.37. The van der Waals surface area contributed by atoms with Crippen molar-refractivity contribution >= 4 is 13.4 Å². The van der Waals surface area contributed by atoms with Gasteiger partial charge in [-0.2, -0.15) is 0 Å². The van der Waals surface area contributed by atoms with Crippen molar-refractivity contribution in [2.75, 3.05) is 13.2 Å².